The number of nitrogen functional groups attached to an aromatic ring is 1. The van der Waals surface area contributed by atoms with Crippen molar-refractivity contribution in [2.24, 2.45) is 0 Å². The van der Waals surface area contributed by atoms with Crippen LogP contribution in [0.15, 0.2) is 10.7 Å². The van der Waals surface area contributed by atoms with Crippen LogP contribution in [0, 0.1) is 0 Å². The van der Waals surface area contributed by atoms with Crippen LogP contribution in [0.1, 0.15) is 26.7 Å². The molecule has 0 aliphatic carbocycles. The quantitative estimate of drug-likeness (QED) is 0.860. The Hall–Kier alpha value is -1.01. The fourth-order valence-electron chi connectivity index (χ4n) is 2.09. The third-order valence-electron chi connectivity index (χ3n) is 2.97. The number of anilines is 2. The van der Waals surface area contributed by atoms with Crippen LogP contribution in [0.5, 0.6) is 0 Å². The van der Waals surface area contributed by atoms with Crippen LogP contribution in [-0.2, 0) is 0 Å². The molecule has 0 amide bonds. The highest BCUT2D eigenvalue weighted by Crippen LogP contribution is 2.33. The summed E-state index contributed by atoms with van der Waals surface area (Å²) >= 11 is 9.53. The number of hydrogen-bond donors (Lipinski definition) is 1. The smallest absolute Gasteiger partial charge is 0.178 e. The van der Waals surface area contributed by atoms with Gasteiger partial charge in [0.2, 0.25) is 0 Å². The molecule has 0 saturated carbocycles. The molecular formula is C12H17BrClN5. The van der Waals surface area contributed by atoms with Gasteiger partial charge in [-0.25, -0.2) is 4.98 Å². The topological polar surface area (TPSA) is 59.5 Å². The molecule has 5 nitrogen and oxygen atoms in total. The van der Waals surface area contributed by atoms with Gasteiger partial charge in [-0.3, -0.25) is 0 Å². The Labute approximate surface area is 125 Å². The second-order valence-electron chi connectivity index (χ2n) is 4.06. The van der Waals surface area contributed by atoms with Gasteiger partial charge in [-0.05, 0) is 28.8 Å². The number of halogens is 2. The first-order valence-electron chi connectivity index (χ1n) is 6.41. The largest absolute Gasteiger partial charge is 0.383 e. The van der Waals surface area contributed by atoms with E-state index in [2.05, 4.69) is 30.9 Å². The van der Waals surface area contributed by atoms with Gasteiger partial charge >= 0.3 is 0 Å². The van der Waals surface area contributed by atoms with Crippen molar-refractivity contribution in [2.45, 2.75) is 26.7 Å². The zero-order chi connectivity index (χ0) is 14.0. The summed E-state index contributed by atoms with van der Waals surface area (Å²) in [5, 5.41) is 4.61. The second kappa shape index (κ2) is 5.96. The summed E-state index contributed by atoms with van der Waals surface area (Å²) in [6.07, 6.45) is 3.93. The third-order valence-corrected chi connectivity index (χ3v) is 4.00. The van der Waals surface area contributed by atoms with E-state index in [-0.39, 0.29) is 0 Å². The van der Waals surface area contributed by atoms with E-state index < -0.39 is 0 Å². The summed E-state index contributed by atoms with van der Waals surface area (Å²) in [5.41, 5.74) is 6.63. The Balaban J connectivity index is 0.000000637. The molecule has 2 aromatic heterocycles. The van der Waals surface area contributed by atoms with Crippen molar-refractivity contribution in [3.63, 3.8) is 0 Å². The zero-order valence-electron chi connectivity index (χ0n) is 11.0. The molecule has 0 atom stereocenters. The van der Waals surface area contributed by atoms with Crippen molar-refractivity contribution in [1.82, 2.24) is 14.6 Å². The first-order valence-corrected chi connectivity index (χ1v) is 7.58. The van der Waals surface area contributed by atoms with Gasteiger partial charge in [-0.1, -0.05) is 25.4 Å². The number of nitrogens with zero attached hydrogens (tertiary/aromatic N) is 4. The molecule has 19 heavy (non-hydrogen) atoms. The molecule has 0 spiro atoms. The molecule has 1 aliphatic rings. The van der Waals surface area contributed by atoms with Gasteiger partial charge in [0.15, 0.2) is 5.65 Å². The van der Waals surface area contributed by atoms with Gasteiger partial charge < -0.3 is 10.6 Å². The van der Waals surface area contributed by atoms with Gasteiger partial charge in [0, 0.05) is 13.1 Å². The van der Waals surface area contributed by atoms with E-state index in [1.165, 1.54) is 12.8 Å². The summed E-state index contributed by atoms with van der Waals surface area (Å²) in [5.74, 6) is 1.39. The normalized spacial score (nSPS) is 14.6. The molecule has 0 radical (unpaired) electrons. The first-order chi connectivity index (χ1) is 9.18. The molecule has 2 aromatic rings. The molecule has 1 saturated heterocycles. The maximum Gasteiger partial charge on any atom is 0.178 e. The number of rotatable bonds is 1. The van der Waals surface area contributed by atoms with E-state index >= 15 is 0 Å². The van der Waals surface area contributed by atoms with E-state index in [1.807, 2.05) is 13.8 Å². The highest BCUT2D eigenvalue weighted by molar-refractivity contribution is 9.10. The van der Waals surface area contributed by atoms with Crippen LogP contribution < -0.4 is 10.6 Å². The first kappa shape index (κ1) is 14.4. The van der Waals surface area contributed by atoms with Gasteiger partial charge in [-0.15, -0.1) is 0 Å². The second-order valence-corrected chi connectivity index (χ2v) is 5.26. The number of nitrogens with two attached hydrogens (primary N) is 1. The van der Waals surface area contributed by atoms with Crippen molar-refractivity contribution < 1.29 is 0 Å². The number of hydrogen-bond acceptors (Lipinski definition) is 4. The monoisotopic (exact) mass is 345 g/mol. The SMILES string of the molecule is CC.Nc1c(Br)c(N2CCCC2)nc2c(Cl)cnn12. The lowest BCUT2D eigenvalue weighted by atomic mass is 10.4. The van der Waals surface area contributed by atoms with E-state index in [0.717, 1.165) is 23.4 Å². The molecule has 1 fully saturated rings. The molecule has 0 aromatic carbocycles. The van der Waals surface area contributed by atoms with Crippen LogP contribution in [0.2, 0.25) is 5.02 Å². The molecule has 3 rings (SSSR count). The molecule has 104 valence electrons. The van der Waals surface area contributed by atoms with Crippen LogP contribution in [0.25, 0.3) is 5.65 Å². The lowest BCUT2D eigenvalue weighted by Gasteiger charge is -2.19. The molecule has 1 aliphatic heterocycles. The fraction of sp³-hybridized carbons (Fsp3) is 0.500. The minimum atomic E-state index is 0.518. The average Bonchev–Trinajstić information content (AvgIpc) is 3.06. The van der Waals surface area contributed by atoms with E-state index in [0.29, 0.717) is 16.5 Å². The minimum absolute atomic E-state index is 0.518. The molecular weight excluding hydrogens is 330 g/mol. The summed E-state index contributed by atoms with van der Waals surface area (Å²) in [7, 11) is 0. The summed E-state index contributed by atoms with van der Waals surface area (Å²) in [6, 6.07) is 0. The Kier molecular flexibility index (Phi) is 4.52. The highest BCUT2D eigenvalue weighted by atomic mass is 79.9. The maximum atomic E-state index is 6.04. The number of aromatic nitrogens is 3. The standard InChI is InChI=1S/C10H11BrClN5.C2H6/c11-7-8(13)17-9(6(12)5-14-17)15-10(7)16-3-1-2-4-16;1-2/h5H,1-4,13H2;1-2H3. The predicted molar refractivity (Wildman–Crippen MR) is 82.9 cm³/mol. The van der Waals surface area contributed by atoms with Crippen LogP contribution in [-0.4, -0.2) is 27.7 Å². The predicted octanol–water partition coefficient (Wildman–Crippen LogP) is 3.35. The van der Waals surface area contributed by atoms with Crippen molar-refractivity contribution in [1.29, 1.82) is 0 Å². The van der Waals surface area contributed by atoms with Crippen molar-refractivity contribution in [2.75, 3.05) is 23.7 Å². The highest BCUT2D eigenvalue weighted by Gasteiger charge is 2.21. The molecule has 3 heterocycles. The molecule has 0 bridgehead atoms. The summed E-state index contributed by atoms with van der Waals surface area (Å²) in [4.78, 5) is 6.76. The average molecular weight is 347 g/mol. The van der Waals surface area contributed by atoms with Gasteiger partial charge in [0.1, 0.15) is 21.1 Å². The lowest BCUT2D eigenvalue weighted by molar-refractivity contribution is 0.899. The summed E-state index contributed by atoms with van der Waals surface area (Å²) in [6.45, 7) is 6.01. The summed E-state index contributed by atoms with van der Waals surface area (Å²) < 4.78 is 2.33. The van der Waals surface area contributed by atoms with Crippen molar-refractivity contribution in [3.05, 3.63) is 15.7 Å². The Morgan fingerprint density at radius 3 is 2.58 bits per heavy atom. The minimum Gasteiger partial charge on any atom is -0.383 e. The molecule has 2 N–H and O–H groups in total. The Morgan fingerprint density at radius 2 is 1.95 bits per heavy atom. The van der Waals surface area contributed by atoms with Crippen LogP contribution >= 0.6 is 27.5 Å². The van der Waals surface area contributed by atoms with Crippen LogP contribution in [0.4, 0.5) is 11.6 Å². The van der Waals surface area contributed by atoms with E-state index in [9.17, 15) is 0 Å². The fourth-order valence-corrected chi connectivity index (χ4v) is 2.77. The molecule has 0 unspecified atom stereocenters. The molecule has 7 heteroatoms. The zero-order valence-corrected chi connectivity index (χ0v) is 13.4. The van der Waals surface area contributed by atoms with Gasteiger partial charge in [-0.2, -0.15) is 9.61 Å². The lowest BCUT2D eigenvalue weighted by Crippen LogP contribution is -2.21. The van der Waals surface area contributed by atoms with Crippen molar-refractivity contribution >= 4 is 44.8 Å². The van der Waals surface area contributed by atoms with Gasteiger partial charge in [0.05, 0.1) is 6.20 Å². The van der Waals surface area contributed by atoms with Crippen LogP contribution in [0.3, 0.4) is 0 Å². The Morgan fingerprint density at radius 1 is 1.32 bits per heavy atom. The van der Waals surface area contributed by atoms with Gasteiger partial charge in [0.25, 0.3) is 0 Å². The maximum absolute atomic E-state index is 6.04. The number of fused-ring (bicyclic) bond motifs is 1. The van der Waals surface area contributed by atoms with E-state index in [1.54, 1.807) is 10.7 Å². The Bertz CT molecular complexity index is 577. The third kappa shape index (κ3) is 2.51. The van der Waals surface area contributed by atoms with Crippen molar-refractivity contribution in [3.8, 4) is 0 Å². The van der Waals surface area contributed by atoms with E-state index in [4.69, 9.17) is 17.3 Å².